The van der Waals surface area contributed by atoms with E-state index in [1.165, 1.54) is 31.5 Å². The fourth-order valence-corrected chi connectivity index (χ4v) is 2.29. The van der Waals surface area contributed by atoms with Crippen LogP contribution in [0.4, 0.5) is 0 Å². The SMILES string of the molecule is CN1CCC(NCc2ccc(OCC#N)cc2)CC1. The number of hydrogen-bond donors (Lipinski definition) is 1. The Hall–Kier alpha value is -1.57. The molecule has 102 valence electrons. The van der Waals surface area contributed by atoms with Crippen molar-refractivity contribution in [1.82, 2.24) is 10.2 Å². The maximum absolute atomic E-state index is 8.44. The summed E-state index contributed by atoms with van der Waals surface area (Å²) in [5.41, 5.74) is 1.25. The minimum absolute atomic E-state index is 0.104. The Morgan fingerprint density at radius 3 is 2.63 bits per heavy atom. The Morgan fingerprint density at radius 2 is 2.00 bits per heavy atom. The van der Waals surface area contributed by atoms with E-state index in [4.69, 9.17) is 10.00 Å². The van der Waals surface area contributed by atoms with Crippen LogP contribution in [0.25, 0.3) is 0 Å². The van der Waals surface area contributed by atoms with Gasteiger partial charge in [0, 0.05) is 12.6 Å². The third-order valence-corrected chi connectivity index (χ3v) is 3.54. The molecule has 0 spiro atoms. The molecule has 0 atom stereocenters. The van der Waals surface area contributed by atoms with Gasteiger partial charge in [0.25, 0.3) is 0 Å². The van der Waals surface area contributed by atoms with Crippen LogP contribution in [0.3, 0.4) is 0 Å². The fourth-order valence-electron chi connectivity index (χ4n) is 2.29. The summed E-state index contributed by atoms with van der Waals surface area (Å²) in [7, 11) is 2.18. The van der Waals surface area contributed by atoms with E-state index in [1.54, 1.807) is 0 Å². The Labute approximate surface area is 115 Å². The highest BCUT2D eigenvalue weighted by Gasteiger charge is 2.15. The Balaban J connectivity index is 1.75. The van der Waals surface area contributed by atoms with Gasteiger partial charge < -0.3 is 15.0 Å². The average Bonchev–Trinajstić information content (AvgIpc) is 2.46. The van der Waals surface area contributed by atoms with Crippen LogP contribution in [0.1, 0.15) is 18.4 Å². The van der Waals surface area contributed by atoms with Crippen LogP contribution in [0.5, 0.6) is 5.75 Å². The maximum atomic E-state index is 8.44. The third kappa shape index (κ3) is 4.55. The molecule has 1 N–H and O–H groups in total. The standard InChI is InChI=1S/C15H21N3O/c1-18-9-6-14(7-10-18)17-12-13-2-4-15(5-3-13)19-11-8-16/h2-5,14,17H,6-7,9-12H2,1H3. The van der Waals surface area contributed by atoms with Crippen LogP contribution in [-0.2, 0) is 6.54 Å². The smallest absolute Gasteiger partial charge is 0.174 e. The van der Waals surface area contributed by atoms with Gasteiger partial charge in [-0.3, -0.25) is 0 Å². The lowest BCUT2D eigenvalue weighted by Gasteiger charge is -2.29. The normalized spacial score (nSPS) is 17.1. The van der Waals surface area contributed by atoms with Crippen molar-refractivity contribution in [2.75, 3.05) is 26.7 Å². The number of ether oxygens (including phenoxy) is 1. The van der Waals surface area contributed by atoms with Crippen LogP contribution in [0.15, 0.2) is 24.3 Å². The lowest BCUT2D eigenvalue weighted by molar-refractivity contribution is 0.234. The zero-order chi connectivity index (χ0) is 13.5. The first kappa shape index (κ1) is 13.9. The van der Waals surface area contributed by atoms with Gasteiger partial charge in [-0.15, -0.1) is 0 Å². The molecule has 0 bridgehead atoms. The molecule has 1 aromatic carbocycles. The molecule has 0 aromatic heterocycles. The molecule has 1 aliphatic rings. The summed E-state index contributed by atoms with van der Waals surface area (Å²) in [6, 6.07) is 10.5. The molecule has 1 heterocycles. The van der Waals surface area contributed by atoms with Crippen LogP contribution in [0.2, 0.25) is 0 Å². The number of hydrogen-bond acceptors (Lipinski definition) is 4. The molecular formula is C15H21N3O. The second-order valence-corrected chi connectivity index (χ2v) is 5.05. The predicted octanol–water partition coefficient (Wildman–Crippen LogP) is 1.77. The van der Waals surface area contributed by atoms with E-state index in [0.29, 0.717) is 6.04 Å². The second-order valence-electron chi connectivity index (χ2n) is 5.05. The molecule has 2 rings (SSSR count). The zero-order valence-corrected chi connectivity index (χ0v) is 11.4. The van der Waals surface area contributed by atoms with E-state index in [0.717, 1.165) is 12.3 Å². The quantitative estimate of drug-likeness (QED) is 0.875. The lowest BCUT2D eigenvalue weighted by atomic mass is 10.1. The average molecular weight is 259 g/mol. The van der Waals surface area contributed by atoms with Crippen molar-refractivity contribution in [3.8, 4) is 11.8 Å². The molecule has 4 heteroatoms. The van der Waals surface area contributed by atoms with E-state index in [2.05, 4.69) is 29.4 Å². The molecule has 0 aliphatic carbocycles. The largest absolute Gasteiger partial charge is 0.479 e. The van der Waals surface area contributed by atoms with E-state index >= 15 is 0 Å². The van der Waals surface area contributed by atoms with E-state index in [9.17, 15) is 0 Å². The second kappa shape index (κ2) is 7.13. The van der Waals surface area contributed by atoms with Gasteiger partial charge in [-0.1, -0.05) is 12.1 Å². The van der Waals surface area contributed by atoms with E-state index < -0.39 is 0 Å². The van der Waals surface area contributed by atoms with Crippen molar-refractivity contribution in [2.45, 2.75) is 25.4 Å². The first-order valence-corrected chi connectivity index (χ1v) is 6.78. The minimum Gasteiger partial charge on any atom is -0.479 e. The summed E-state index contributed by atoms with van der Waals surface area (Å²) in [5, 5.41) is 12.0. The van der Waals surface area contributed by atoms with Crippen molar-refractivity contribution in [3.63, 3.8) is 0 Å². The van der Waals surface area contributed by atoms with Crippen molar-refractivity contribution in [2.24, 2.45) is 0 Å². The molecule has 0 radical (unpaired) electrons. The number of nitrogens with zero attached hydrogens (tertiary/aromatic N) is 2. The third-order valence-electron chi connectivity index (χ3n) is 3.54. The molecular weight excluding hydrogens is 238 g/mol. The number of nitrogens with one attached hydrogen (secondary N) is 1. The summed E-state index contributed by atoms with van der Waals surface area (Å²) in [4.78, 5) is 2.37. The minimum atomic E-state index is 0.104. The van der Waals surface area contributed by atoms with Gasteiger partial charge in [0.05, 0.1) is 0 Å². The molecule has 0 saturated carbocycles. The number of piperidine rings is 1. The maximum Gasteiger partial charge on any atom is 0.174 e. The molecule has 1 aliphatic heterocycles. The van der Waals surface area contributed by atoms with Crippen molar-refractivity contribution >= 4 is 0 Å². The molecule has 0 amide bonds. The highest BCUT2D eigenvalue weighted by Crippen LogP contribution is 2.13. The Morgan fingerprint density at radius 1 is 1.32 bits per heavy atom. The topological polar surface area (TPSA) is 48.3 Å². The monoisotopic (exact) mass is 259 g/mol. The molecule has 0 unspecified atom stereocenters. The highest BCUT2D eigenvalue weighted by molar-refractivity contribution is 5.27. The van der Waals surface area contributed by atoms with Gasteiger partial charge in [-0.05, 0) is 50.7 Å². The first-order chi connectivity index (χ1) is 9.28. The van der Waals surface area contributed by atoms with Crippen LogP contribution >= 0.6 is 0 Å². The summed E-state index contributed by atoms with van der Waals surface area (Å²) in [5.74, 6) is 0.754. The van der Waals surface area contributed by atoms with Crippen LogP contribution < -0.4 is 10.1 Å². The van der Waals surface area contributed by atoms with Gasteiger partial charge in [0.15, 0.2) is 6.61 Å². The van der Waals surface area contributed by atoms with Gasteiger partial charge in [0.2, 0.25) is 0 Å². The van der Waals surface area contributed by atoms with Crippen molar-refractivity contribution < 1.29 is 4.74 Å². The summed E-state index contributed by atoms with van der Waals surface area (Å²) < 4.78 is 5.23. The van der Waals surface area contributed by atoms with Gasteiger partial charge in [0.1, 0.15) is 11.8 Å². The Bertz CT molecular complexity index is 416. The summed E-state index contributed by atoms with van der Waals surface area (Å²) in [6.07, 6.45) is 2.44. The number of nitriles is 1. The predicted molar refractivity (Wildman–Crippen MR) is 74.9 cm³/mol. The highest BCUT2D eigenvalue weighted by atomic mass is 16.5. The summed E-state index contributed by atoms with van der Waals surface area (Å²) >= 11 is 0. The fraction of sp³-hybridized carbons (Fsp3) is 0.533. The van der Waals surface area contributed by atoms with Crippen LogP contribution in [0, 0.1) is 11.3 Å². The molecule has 1 fully saturated rings. The Kier molecular flexibility index (Phi) is 5.20. The first-order valence-electron chi connectivity index (χ1n) is 6.78. The van der Waals surface area contributed by atoms with Gasteiger partial charge >= 0.3 is 0 Å². The summed E-state index contributed by atoms with van der Waals surface area (Å²) in [6.45, 7) is 3.36. The number of rotatable bonds is 5. The number of likely N-dealkylation sites (tertiary alicyclic amines) is 1. The van der Waals surface area contributed by atoms with E-state index in [1.807, 2.05) is 18.2 Å². The van der Waals surface area contributed by atoms with E-state index in [-0.39, 0.29) is 6.61 Å². The molecule has 1 aromatic rings. The molecule has 4 nitrogen and oxygen atoms in total. The van der Waals surface area contributed by atoms with Gasteiger partial charge in [-0.2, -0.15) is 5.26 Å². The van der Waals surface area contributed by atoms with Crippen molar-refractivity contribution in [1.29, 1.82) is 5.26 Å². The number of benzene rings is 1. The lowest BCUT2D eigenvalue weighted by Crippen LogP contribution is -2.40. The van der Waals surface area contributed by atoms with Crippen molar-refractivity contribution in [3.05, 3.63) is 29.8 Å². The van der Waals surface area contributed by atoms with Crippen LogP contribution in [-0.4, -0.2) is 37.7 Å². The van der Waals surface area contributed by atoms with Gasteiger partial charge in [-0.25, -0.2) is 0 Å². The molecule has 19 heavy (non-hydrogen) atoms. The zero-order valence-electron chi connectivity index (χ0n) is 11.4. The molecule has 1 saturated heterocycles.